The summed E-state index contributed by atoms with van der Waals surface area (Å²) >= 11 is 0. The monoisotopic (exact) mass is 292 g/mol. The van der Waals surface area contributed by atoms with Crippen molar-refractivity contribution in [3.63, 3.8) is 0 Å². The van der Waals surface area contributed by atoms with E-state index in [-0.39, 0.29) is 31.5 Å². The Morgan fingerprint density at radius 1 is 1.47 bits per heavy atom. The SMILES string of the molecule is C=CCN(CCO)C(=O)C(CC(C)C)NS(C)(=O)=O. The lowest BCUT2D eigenvalue weighted by molar-refractivity contribution is -0.133. The van der Waals surface area contributed by atoms with E-state index in [4.69, 9.17) is 5.11 Å². The normalized spacial score (nSPS) is 13.3. The predicted molar refractivity (Wildman–Crippen MR) is 75.1 cm³/mol. The summed E-state index contributed by atoms with van der Waals surface area (Å²) in [5, 5.41) is 8.94. The number of sulfonamides is 1. The fourth-order valence-electron chi connectivity index (χ4n) is 1.72. The third kappa shape index (κ3) is 7.97. The molecule has 0 aliphatic carbocycles. The average molecular weight is 292 g/mol. The van der Waals surface area contributed by atoms with Crippen molar-refractivity contribution in [1.82, 2.24) is 9.62 Å². The van der Waals surface area contributed by atoms with Crippen molar-refractivity contribution < 1.29 is 18.3 Å². The first-order valence-corrected chi connectivity index (χ1v) is 8.08. The highest BCUT2D eigenvalue weighted by Crippen LogP contribution is 2.09. The van der Waals surface area contributed by atoms with Crippen LogP contribution in [0.2, 0.25) is 0 Å². The molecular formula is C12H24N2O4S. The number of nitrogens with zero attached hydrogens (tertiary/aromatic N) is 1. The third-order valence-electron chi connectivity index (χ3n) is 2.39. The second-order valence-electron chi connectivity index (χ2n) is 4.87. The molecule has 0 saturated heterocycles. The summed E-state index contributed by atoms with van der Waals surface area (Å²) in [4.78, 5) is 13.7. The number of carbonyl (C=O) groups excluding carboxylic acids is 1. The third-order valence-corrected chi connectivity index (χ3v) is 3.11. The van der Waals surface area contributed by atoms with Crippen LogP contribution in [-0.2, 0) is 14.8 Å². The van der Waals surface area contributed by atoms with E-state index in [1.165, 1.54) is 4.90 Å². The van der Waals surface area contributed by atoms with Crippen LogP contribution >= 0.6 is 0 Å². The van der Waals surface area contributed by atoms with Crippen LogP contribution in [0.3, 0.4) is 0 Å². The Kier molecular flexibility index (Phi) is 7.89. The lowest BCUT2D eigenvalue weighted by Crippen LogP contribution is -2.49. The minimum Gasteiger partial charge on any atom is -0.395 e. The van der Waals surface area contributed by atoms with Crippen LogP contribution in [0.25, 0.3) is 0 Å². The average Bonchev–Trinajstić information content (AvgIpc) is 2.24. The van der Waals surface area contributed by atoms with Crippen LogP contribution in [0.15, 0.2) is 12.7 Å². The molecule has 6 nitrogen and oxygen atoms in total. The lowest BCUT2D eigenvalue weighted by atomic mass is 10.0. The van der Waals surface area contributed by atoms with Crippen LogP contribution in [0.1, 0.15) is 20.3 Å². The smallest absolute Gasteiger partial charge is 0.241 e. The zero-order valence-electron chi connectivity index (χ0n) is 11.8. The van der Waals surface area contributed by atoms with Crippen molar-refractivity contribution in [3.05, 3.63) is 12.7 Å². The summed E-state index contributed by atoms with van der Waals surface area (Å²) in [6, 6.07) is -0.804. The number of carbonyl (C=O) groups is 1. The van der Waals surface area contributed by atoms with E-state index in [9.17, 15) is 13.2 Å². The summed E-state index contributed by atoms with van der Waals surface area (Å²) in [5.74, 6) is -0.170. The van der Waals surface area contributed by atoms with Crippen LogP contribution in [-0.4, -0.2) is 56.3 Å². The van der Waals surface area contributed by atoms with E-state index >= 15 is 0 Å². The number of rotatable bonds is 9. The molecule has 1 amide bonds. The molecule has 0 spiro atoms. The molecule has 0 aliphatic heterocycles. The number of aliphatic hydroxyl groups is 1. The maximum atomic E-state index is 12.3. The molecule has 0 aromatic carbocycles. The quantitative estimate of drug-likeness (QED) is 0.584. The van der Waals surface area contributed by atoms with Crippen molar-refractivity contribution >= 4 is 15.9 Å². The summed E-state index contributed by atoms with van der Waals surface area (Å²) in [6.45, 7) is 7.63. The summed E-state index contributed by atoms with van der Waals surface area (Å²) < 4.78 is 25.0. The van der Waals surface area contributed by atoms with E-state index in [1.54, 1.807) is 6.08 Å². The van der Waals surface area contributed by atoms with Gasteiger partial charge in [-0.15, -0.1) is 6.58 Å². The second kappa shape index (κ2) is 8.29. The van der Waals surface area contributed by atoms with Crippen LogP contribution in [0.4, 0.5) is 0 Å². The maximum Gasteiger partial charge on any atom is 0.241 e. The number of hydrogen-bond donors (Lipinski definition) is 2. The fourth-order valence-corrected chi connectivity index (χ4v) is 2.43. The molecule has 0 saturated carbocycles. The topological polar surface area (TPSA) is 86.7 Å². The molecule has 0 bridgehead atoms. The van der Waals surface area contributed by atoms with Gasteiger partial charge in [-0.05, 0) is 12.3 Å². The van der Waals surface area contributed by atoms with Crippen molar-refractivity contribution in [2.45, 2.75) is 26.3 Å². The molecule has 112 valence electrons. The molecule has 7 heteroatoms. The van der Waals surface area contributed by atoms with Gasteiger partial charge in [0.15, 0.2) is 0 Å². The molecule has 0 rings (SSSR count). The van der Waals surface area contributed by atoms with Crippen molar-refractivity contribution in [3.8, 4) is 0 Å². The minimum atomic E-state index is -3.46. The van der Waals surface area contributed by atoms with Crippen LogP contribution in [0.5, 0.6) is 0 Å². The van der Waals surface area contributed by atoms with Gasteiger partial charge in [-0.25, -0.2) is 13.1 Å². The van der Waals surface area contributed by atoms with Gasteiger partial charge in [0.1, 0.15) is 6.04 Å². The van der Waals surface area contributed by atoms with Gasteiger partial charge < -0.3 is 10.0 Å². The Hall–Kier alpha value is -0.920. The standard InChI is InChI=1S/C12H24N2O4S/c1-5-6-14(7-8-15)12(16)11(9-10(2)3)13-19(4,17)18/h5,10-11,13,15H,1,6-9H2,2-4H3. The van der Waals surface area contributed by atoms with Crippen molar-refractivity contribution in [1.29, 1.82) is 0 Å². The van der Waals surface area contributed by atoms with Gasteiger partial charge in [-0.2, -0.15) is 0 Å². The van der Waals surface area contributed by atoms with E-state index < -0.39 is 16.1 Å². The van der Waals surface area contributed by atoms with Gasteiger partial charge in [0.05, 0.1) is 12.9 Å². The molecule has 0 fully saturated rings. The molecule has 0 radical (unpaired) electrons. The molecule has 2 N–H and O–H groups in total. The Balaban J connectivity index is 4.99. The van der Waals surface area contributed by atoms with Gasteiger partial charge in [0.2, 0.25) is 15.9 Å². The predicted octanol–water partition coefficient (Wildman–Crippen LogP) is -0.0428. The van der Waals surface area contributed by atoms with Crippen molar-refractivity contribution in [2.24, 2.45) is 5.92 Å². The van der Waals surface area contributed by atoms with Gasteiger partial charge >= 0.3 is 0 Å². The van der Waals surface area contributed by atoms with E-state index in [0.717, 1.165) is 6.26 Å². The molecule has 1 atom stereocenters. The van der Waals surface area contributed by atoms with E-state index in [0.29, 0.717) is 6.42 Å². The van der Waals surface area contributed by atoms with Gasteiger partial charge in [-0.3, -0.25) is 4.79 Å². The first-order valence-electron chi connectivity index (χ1n) is 6.19. The summed E-state index contributed by atoms with van der Waals surface area (Å²) in [7, 11) is -3.46. The molecular weight excluding hydrogens is 268 g/mol. The fraction of sp³-hybridized carbons (Fsp3) is 0.750. The zero-order chi connectivity index (χ0) is 15.1. The Bertz CT molecular complexity index is 393. The highest BCUT2D eigenvalue weighted by Gasteiger charge is 2.26. The van der Waals surface area contributed by atoms with Crippen molar-refractivity contribution in [2.75, 3.05) is 26.0 Å². The van der Waals surface area contributed by atoms with E-state index in [1.807, 2.05) is 13.8 Å². The van der Waals surface area contributed by atoms with Crippen LogP contribution < -0.4 is 4.72 Å². The van der Waals surface area contributed by atoms with Gasteiger partial charge in [0, 0.05) is 13.1 Å². The second-order valence-corrected chi connectivity index (χ2v) is 6.65. The summed E-state index contributed by atoms with van der Waals surface area (Å²) in [6.07, 6.45) is 2.98. The minimum absolute atomic E-state index is 0.158. The Morgan fingerprint density at radius 2 is 2.05 bits per heavy atom. The maximum absolute atomic E-state index is 12.3. The van der Waals surface area contributed by atoms with Gasteiger partial charge in [0.25, 0.3) is 0 Å². The highest BCUT2D eigenvalue weighted by atomic mass is 32.2. The summed E-state index contributed by atoms with van der Waals surface area (Å²) in [5.41, 5.74) is 0. The largest absolute Gasteiger partial charge is 0.395 e. The molecule has 19 heavy (non-hydrogen) atoms. The highest BCUT2D eigenvalue weighted by molar-refractivity contribution is 7.88. The number of hydrogen-bond acceptors (Lipinski definition) is 4. The number of amides is 1. The van der Waals surface area contributed by atoms with Gasteiger partial charge in [-0.1, -0.05) is 19.9 Å². The first-order chi connectivity index (χ1) is 8.71. The first kappa shape index (κ1) is 18.1. The lowest BCUT2D eigenvalue weighted by Gasteiger charge is -2.27. The number of nitrogens with one attached hydrogen (secondary N) is 1. The molecule has 0 heterocycles. The Labute approximate surface area is 115 Å². The number of aliphatic hydroxyl groups excluding tert-OH is 1. The van der Waals surface area contributed by atoms with E-state index in [2.05, 4.69) is 11.3 Å². The molecule has 0 aromatic heterocycles. The molecule has 0 aliphatic rings. The molecule has 1 unspecified atom stereocenters. The molecule has 0 aromatic rings. The Morgan fingerprint density at radius 3 is 2.42 bits per heavy atom. The zero-order valence-corrected chi connectivity index (χ0v) is 12.6. The van der Waals surface area contributed by atoms with Crippen LogP contribution in [0, 0.1) is 5.92 Å².